The topological polar surface area (TPSA) is 83.2 Å². The highest BCUT2D eigenvalue weighted by Crippen LogP contribution is 2.26. The molecule has 2 aromatic rings. The molecule has 0 atom stereocenters. The second-order valence-electron chi connectivity index (χ2n) is 3.13. The number of nitrogens with two attached hydrogens (primary N) is 1. The molecule has 0 aliphatic carbocycles. The number of rotatable bonds is 5. The van der Waals surface area contributed by atoms with Gasteiger partial charge in [0.05, 0.1) is 17.2 Å². The predicted octanol–water partition coefficient (Wildman–Crippen LogP) is 1.21. The summed E-state index contributed by atoms with van der Waals surface area (Å²) in [6.45, 7) is 0.922. The Morgan fingerprint density at radius 2 is 2.24 bits per heavy atom. The highest BCUT2D eigenvalue weighted by Gasteiger charge is 2.06. The Morgan fingerprint density at radius 1 is 1.35 bits per heavy atom. The van der Waals surface area contributed by atoms with Crippen molar-refractivity contribution in [1.29, 1.82) is 0 Å². The first kappa shape index (κ1) is 11.7. The Bertz CT molecular complexity index is 489. The number of ether oxygens (including phenoxy) is 2. The molecule has 0 radical (unpaired) electrons. The smallest absolute Gasteiger partial charge is 0.317 e. The number of nitrogens with zero attached hydrogens (tertiary/aromatic N) is 3. The van der Waals surface area contributed by atoms with Crippen LogP contribution in [0.4, 0.5) is 5.13 Å². The summed E-state index contributed by atoms with van der Waals surface area (Å²) in [4.78, 5) is 13.1. The highest BCUT2D eigenvalue weighted by atomic mass is 32.1. The van der Waals surface area contributed by atoms with E-state index in [0.29, 0.717) is 24.4 Å². The van der Waals surface area contributed by atoms with Gasteiger partial charge in [-0.25, -0.2) is 9.97 Å². The summed E-state index contributed by atoms with van der Waals surface area (Å²) < 4.78 is 10.2. The Labute approximate surface area is 102 Å². The van der Waals surface area contributed by atoms with Crippen LogP contribution in [-0.4, -0.2) is 35.3 Å². The van der Waals surface area contributed by atoms with Crippen molar-refractivity contribution in [1.82, 2.24) is 15.0 Å². The van der Waals surface area contributed by atoms with Gasteiger partial charge in [0.15, 0.2) is 5.13 Å². The van der Waals surface area contributed by atoms with E-state index in [0.717, 1.165) is 10.6 Å². The first-order valence-corrected chi connectivity index (χ1v) is 5.77. The lowest BCUT2D eigenvalue weighted by Gasteiger charge is -2.03. The van der Waals surface area contributed by atoms with Crippen LogP contribution >= 0.6 is 11.3 Å². The molecule has 2 N–H and O–H groups in total. The molecule has 2 rings (SSSR count). The number of thiazole rings is 1. The van der Waals surface area contributed by atoms with E-state index in [-0.39, 0.29) is 0 Å². The van der Waals surface area contributed by atoms with Crippen LogP contribution in [0.15, 0.2) is 18.5 Å². The summed E-state index contributed by atoms with van der Waals surface area (Å²) in [5, 5.41) is 0.514. The van der Waals surface area contributed by atoms with Crippen LogP contribution in [0.1, 0.15) is 0 Å². The van der Waals surface area contributed by atoms with Gasteiger partial charge in [0.2, 0.25) is 0 Å². The van der Waals surface area contributed by atoms with Crippen molar-refractivity contribution < 1.29 is 9.47 Å². The number of nitrogen functional groups attached to an aromatic ring is 1. The largest absolute Gasteiger partial charge is 0.461 e. The molecule has 0 aliphatic rings. The van der Waals surface area contributed by atoms with Gasteiger partial charge >= 0.3 is 6.01 Å². The third-order valence-electron chi connectivity index (χ3n) is 1.93. The molecule has 7 heteroatoms. The van der Waals surface area contributed by atoms with Gasteiger partial charge in [-0.05, 0) is 6.07 Å². The minimum absolute atomic E-state index is 0.325. The minimum Gasteiger partial charge on any atom is -0.461 e. The normalized spacial score (nSPS) is 10.4. The fourth-order valence-corrected chi connectivity index (χ4v) is 1.82. The van der Waals surface area contributed by atoms with Crippen molar-refractivity contribution >= 4 is 16.5 Å². The van der Waals surface area contributed by atoms with E-state index < -0.39 is 0 Å². The van der Waals surface area contributed by atoms with Crippen molar-refractivity contribution in [2.75, 3.05) is 26.1 Å². The van der Waals surface area contributed by atoms with E-state index in [1.54, 1.807) is 25.6 Å². The van der Waals surface area contributed by atoms with Crippen molar-refractivity contribution in [3.63, 3.8) is 0 Å². The number of hydrogen-bond acceptors (Lipinski definition) is 7. The first-order valence-electron chi connectivity index (χ1n) is 4.96. The SMILES string of the molecule is COCCOc1nccc(-c2cnc(N)s2)n1. The lowest BCUT2D eigenvalue weighted by Crippen LogP contribution is -2.06. The van der Waals surface area contributed by atoms with Gasteiger partial charge in [0, 0.05) is 19.5 Å². The molecule has 0 aliphatic heterocycles. The van der Waals surface area contributed by atoms with Gasteiger partial charge in [-0.15, -0.1) is 0 Å². The molecule has 17 heavy (non-hydrogen) atoms. The van der Waals surface area contributed by atoms with Gasteiger partial charge in [0.1, 0.15) is 6.61 Å². The molecular weight excluding hydrogens is 240 g/mol. The van der Waals surface area contributed by atoms with Crippen molar-refractivity contribution in [3.8, 4) is 16.6 Å². The summed E-state index contributed by atoms with van der Waals surface area (Å²) >= 11 is 1.37. The standard InChI is InChI=1S/C10H12N4O2S/c1-15-4-5-16-10-12-3-2-7(14-10)8-6-13-9(11)17-8/h2-3,6H,4-5H2,1H3,(H2,11,13). The molecule has 2 aromatic heterocycles. The molecule has 0 bridgehead atoms. The number of hydrogen-bond donors (Lipinski definition) is 1. The quantitative estimate of drug-likeness (QED) is 0.805. The summed E-state index contributed by atoms with van der Waals surface area (Å²) in [5.41, 5.74) is 6.32. The van der Waals surface area contributed by atoms with Gasteiger partial charge < -0.3 is 15.2 Å². The molecule has 90 valence electrons. The Morgan fingerprint density at radius 3 is 2.94 bits per heavy atom. The van der Waals surface area contributed by atoms with Crippen LogP contribution < -0.4 is 10.5 Å². The molecular formula is C10H12N4O2S. The van der Waals surface area contributed by atoms with Crippen LogP contribution in [0.3, 0.4) is 0 Å². The second-order valence-corrected chi connectivity index (χ2v) is 4.19. The second kappa shape index (κ2) is 5.55. The number of aromatic nitrogens is 3. The summed E-state index contributed by atoms with van der Waals surface area (Å²) in [5.74, 6) is 0. The highest BCUT2D eigenvalue weighted by molar-refractivity contribution is 7.18. The van der Waals surface area contributed by atoms with E-state index in [9.17, 15) is 0 Å². The minimum atomic E-state index is 0.325. The van der Waals surface area contributed by atoms with E-state index in [1.807, 2.05) is 0 Å². The van der Waals surface area contributed by atoms with Crippen molar-refractivity contribution in [3.05, 3.63) is 18.5 Å². The monoisotopic (exact) mass is 252 g/mol. The predicted molar refractivity (Wildman–Crippen MR) is 64.9 cm³/mol. The van der Waals surface area contributed by atoms with Crippen LogP contribution in [0, 0.1) is 0 Å². The van der Waals surface area contributed by atoms with Gasteiger partial charge in [-0.3, -0.25) is 0 Å². The maximum absolute atomic E-state index is 5.57. The third kappa shape index (κ3) is 3.11. The summed E-state index contributed by atoms with van der Waals surface area (Å²) in [6.07, 6.45) is 3.32. The van der Waals surface area contributed by atoms with Crippen molar-refractivity contribution in [2.24, 2.45) is 0 Å². The Balaban J connectivity index is 2.11. The van der Waals surface area contributed by atoms with Crippen molar-refractivity contribution in [2.45, 2.75) is 0 Å². The summed E-state index contributed by atoms with van der Waals surface area (Å²) in [7, 11) is 1.61. The number of anilines is 1. The molecule has 6 nitrogen and oxygen atoms in total. The zero-order valence-electron chi connectivity index (χ0n) is 9.29. The molecule has 0 saturated carbocycles. The van der Waals surface area contributed by atoms with Gasteiger partial charge in [0.25, 0.3) is 0 Å². The molecule has 0 saturated heterocycles. The van der Waals surface area contributed by atoms with Gasteiger partial charge in [-0.1, -0.05) is 11.3 Å². The fraction of sp³-hybridized carbons (Fsp3) is 0.300. The van der Waals surface area contributed by atoms with E-state index in [4.69, 9.17) is 15.2 Å². The van der Waals surface area contributed by atoms with Crippen LogP contribution in [-0.2, 0) is 4.74 Å². The maximum Gasteiger partial charge on any atom is 0.317 e. The molecule has 0 spiro atoms. The molecule has 0 fully saturated rings. The molecule has 0 amide bonds. The summed E-state index contributed by atoms with van der Waals surface area (Å²) in [6, 6.07) is 2.11. The number of methoxy groups -OCH3 is 1. The maximum atomic E-state index is 5.57. The third-order valence-corrected chi connectivity index (χ3v) is 2.78. The fourth-order valence-electron chi connectivity index (χ4n) is 1.17. The first-order chi connectivity index (χ1) is 8.29. The van der Waals surface area contributed by atoms with Crippen LogP contribution in [0.25, 0.3) is 10.6 Å². The van der Waals surface area contributed by atoms with E-state index >= 15 is 0 Å². The molecule has 0 aromatic carbocycles. The zero-order chi connectivity index (χ0) is 12.1. The average molecular weight is 252 g/mol. The van der Waals surface area contributed by atoms with Crippen LogP contribution in [0.2, 0.25) is 0 Å². The Kier molecular flexibility index (Phi) is 3.84. The van der Waals surface area contributed by atoms with E-state index in [1.165, 1.54) is 11.3 Å². The average Bonchev–Trinajstić information content (AvgIpc) is 2.77. The lowest BCUT2D eigenvalue weighted by atomic mass is 10.4. The Hall–Kier alpha value is -1.73. The molecule has 2 heterocycles. The molecule has 0 unspecified atom stereocenters. The van der Waals surface area contributed by atoms with E-state index in [2.05, 4.69) is 15.0 Å². The zero-order valence-corrected chi connectivity index (χ0v) is 10.1. The van der Waals surface area contributed by atoms with Crippen LogP contribution in [0.5, 0.6) is 6.01 Å². The lowest BCUT2D eigenvalue weighted by molar-refractivity contribution is 0.141. The van der Waals surface area contributed by atoms with Gasteiger partial charge in [-0.2, -0.15) is 4.98 Å².